The van der Waals surface area contributed by atoms with Crippen molar-refractivity contribution in [2.24, 2.45) is 0 Å². The van der Waals surface area contributed by atoms with E-state index >= 15 is 0 Å². The lowest BCUT2D eigenvalue weighted by molar-refractivity contribution is -0.785. The van der Waals surface area contributed by atoms with Crippen LogP contribution in [0.3, 0.4) is 0 Å². The summed E-state index contributed by atoms with van der Waals surface area (Å²) in [4.78, 5) is 84.4. The van der Waals surface area contributed by atoms with E-state index in [4.69, 9.17) is 28.3 Å². The average molecular weight is 1120 g/mol. The summed E-state index contributed by atoms with van der Waals surface area (Å²) in [6.45, 7) is 3.04. The summed E-state index contributed by atoms with van der Waals surface area (Å²) in [6, 6.07) is 34.1. The molecule has 4 saturated heterocycles. The molecule has 23 heteroatoms. The molecular weight excluding hydrogens is 1040 g/mol. The number of rotatable bonds is 26. The first-order valence-corrected chi connectivity index (χ1v) is 28.2. The molecule has 4 fully saturated rings. The summed E-state index contributed by atoms with van der Waals surface area (Å²) in [6.07, 6.45) is 3.58. The van der Waals surface area contributed by atoms with Gasteiger partial charge in [0.15, 0.2) is 0 Å². The van der Waals surface area contributed by atoms with Crippen molar-refractivity contribution in [3.8, 4) is 0 Å². The van der Waals surface area contributed by atoms with E-state index in [1.165, 1.54) is 9.71 Å². The SMILES string of the molecule is COCCC[C@H](NC(=O)[C@@H]1CCCN1C(=O)[C@@H](Cc1ccccc1)NC(=O)OCc1ccccc1)B(O)O.COCCC[C@H](NC(=O)[C@@H]1CCCN1C(=O)[C@@H](Cc1ccccc1)NC(=O)OCc1ccccc1)[B-]12OCC[NH+]1CCO2. The smallest absolute Gasteiger partial charge is 0.492 e. The van der Waals surface area contributed by atoms with Gasteiger partial charge in [0, 0.05) is 59.3 Å². The molecule has 81 heavy (non-hydrogen) atoms. The minimum atomic E-state index is -1.74. The number of carbonyl (C=O) groups excluding carboxylic acids is 6. The zero-order chi connectivity index (χ0) is 57.4. The molecule has 436 valence electrons. The Kier molecular flexibility index (Phi) is 24.4. The Morgan fingerprint density at radius 3 is 1.42 bits per heavy atom. The van der Waals surface area contributed by atoms with Crippen molar-refractivity contribution in [3.05, 3.63) is 144 Å². The van der Waals surface area contributed by atoms with Gasteiger partial charge in [-0.05, 0) is 67.2 Å². The number of methoxy groups -OCH3 is 2. The van der Waals surface area contributed by atoms with E-state index in [1.54, 1.807) is 19.1 Å². The Hall–Kier alpha value is -6.85. The van der Waals surface area contributed by atoms with E-state index in [2.05, 4.69) is 21.3 Å². The Morgan fingerprint density at radius 1 is 0.593 bits per heavy atom. The summed E-state index contributed by atoms with van der Waals surface area (Å²) in [5, 5.41) is 30.8. The van der Waals surface area contributed by atoms with Crippen LogP contribution in [0.4, 0.5) is 9.59 Å². The second-order valence-corrected chi connectivity index (χ2v) is 20.9. The summed E-state index contributed by atoms with van der Waals surface area (Å²) in [5.41, 5.74) is 3.40. The number of nitrogens with zero attached hydrogens (tertiary/aromatic N) is 2. The first-order valence-electron chi connectivity index (χ1n) is 28.2. The molecule has 0 aromatic heterocycles. The molecule has 4 aliphatic heterocycles. The van der Waals surface area contributed by atoms with Gasteiger partial charge in [-0.1, -0.05) is 128 Å². The third kappa shape index (κ3) is 18.1. The highest BCUT2D eigenvalue weighted by atomic mass is 16.6. The Morgan fingerprint density at radius 2 is 1.00 bits per heavy atom. The van der Waals surface area contributed by atoms with Gasteiger partial charge in [-0.2, -0.15) is 0 Å². The number of ether oxygens (including phenoxy) is 4. The van der Waals surface area contributed by atoms with Gasteiger partial charge in [-0.3, -0.25) is 19.2 Å². The van der Waals surface area contributed by atoms with E-state index < -0.39 is 67.9 Å². The molecule has 4 aromatic rings. The highest BCUT2D eigenvalue weighted by Gasteiger charge is 2.56. The van der Waals surface area contributed by atoms with Crippen LogP contribution < -0.4 is 26.1 Å². The summed E-state index contributed by atoms with van der Waals surface area (Å²) in [5.74, 6) is -2.60. The second-order valence-electron chi connectivity index (χ2n) is 20.9. The second kappa shape index (κ2) is 32.0. The van der Waals surface area contributed by atoms with Crippen LogP contribution in [0.1, 0.15) is 73.6 Å². The van der Waals surface area contributed by atoms with Crippen LogP contribution in [0.15, 0.2) is 121 Å². The quantitative estimate of drug-likeness (QED) is 0.0352. The normalized spacial score (nSPS) is 20.6. The maximum atomic E-state index is 14.0. The summed E-state index contributed by atoms with van der Waals surface area (Å²) >= 11 is 0. The van der Waals surface area contributed by atoms with Crippen molar-refractivity contribution < 1.29 is 71.9 Å². The molecule has 0 saturated carbocycles. The van der Waals surface area contributed by atoms with E-state index in [0.717, 1.165) is 41.8 Å². The van der Waals surface area contributed by atoms with Crippen LogP contribution in [-0.4, -0.2) is 172 Å². The van der Waals surface area contributed by atoms with Gasteiger partial charge in [0.25, 0.3) is 0 Å². The van der Waals surface area contributed by atoms with E-state index in [1.807, 2.05) is 121 Å². The van der Waals surface area contributed by atoms with Crippen LogP contribution >= 0.6 is 0 Å². The molecule has 4 aliphatic rings. The number of likely N-dealkylation sites (tertiary alicyclic amines) is 2. The van der Waals surface area contributed by atoms with Crippen LogP contribution in [-0.2, 0) is 73.5 Å². The topological polar surface area (TPSA) is 257 Å². The largest absolute Gasteiger partial charge is 0.508 e. The third-order valence-electron chi connectivity index (χ3n) is 15.3. The number of hydrogen-bond donors (Lipinski definition) is 7. The van der Waals surface area contributed by atoms with E-state index in [-0.39, 0.29) is 43.8 Å². The molecule has 7 N–H and O–H groups in total. The molecule has 4 aromatic carbocycles. The minimum absolute atomic E-state index is 0.0572. The van der Waals surface area contributed by atoms with Crippen LogP contribution in [0.5, 0.6) is 0 Å². The van der Waals surface area contributed by atoms with Gasteiger partial charge in [0.05, 0.1) is 32.2 Å². The van der Waals surface area contributed by atoms with Gasteiger partial charge in [-0.15, -0.1) is 0 Å². The summed E-state index contributed by atoms with van der Waals surface area (Å²) in [7, 11) is 1.46. The molecule has 6 amide bonds. The fraction of sp³-hybridized carbons (Fsp3) is 0.483. The molecule has 0 bridgehead atoms. The molecule has 0 radical (unpaired) electrons. The lowest BCUT2D eigenvalue weighted by atomic mass is 9.60. The molecule has 8 rings (SSSR count). The van der Waals surface area contributed by atoms with Crippen molar-refractivity contribution in [2.75, 3.05) is 66.8 Å². The highest BCUT2D eigenvalue weighted by Crippen LogP contribution is 2.24. The Balaban J connectivity index is 0.000000236. The molecule has 6 atom stereocenters. The minimum Gasteiger partial charge on any atom is -0.508 e. The average Bonchev–Trinajstić information content (AvgIpc) is 4.41. The molecule has 0 spiro atoms. The van der Waals surface area contributed by atoms with Crippen LogP contribution in [0.2, 0.25) is 0 Å². The predicted molar refractivity (Wildman–Crippen MR) is 301 cm³/mol. The third-order valence-corrected chi connectivity index (χ3v) is 15.3. The first kappa shape index (κ1) is 61.8. The number of nitrogens with one attached hydrogen (secondary N) is 5. The van der Waals surface area contributed by atoms with Crippen molar-refractivity contribution in [2.45, 2.75) is 113 Å². The number of quaternary nitrogens is 1. The number of alkyl carbamates (subject to hydrolysis) is 2. The zero-order valence-electron chi connectivity index (χ0n) is 46.5. The lowest BCUT2D eigenvalue weighted by Gasteiger charge is -2.40. The fourth-order valence-corrected chi connectivity index (χ4v) is 11.1. The van der Waals surface area contributed by atoms with Gasteiger partial charge in [-0.25, -0.2) is 9.59 Å². The Labute approximate surface area is 474 Å². The number of amides is 6. The predicted octanol–water partition coefficient (Wildman–Crippen LogP) is 2.29. The standard InChI is InChI=1S/C31H43BN4O7.C27H36BN3O7/c1-40-19-9-15-28(32-35(17-20-42-32)18-21-43-32)34-29(37)27-14-8-16-36(27)30(38)26(22-24-10-4-2-5-11-24)33-31(39)41-23-25-12-6-3-7-13-25;1-37-17-9-15-24(28(35)36)30-25(32)23-14-8-16-31(23)26(33)22(18-20-10-4-2-5-11-20)29-27(34)38-19-21-12-6-3-7-13-21/h2-7,10-13,26-28,35H,8-9,14-23H2,1H3,(H,33,39)(H,34,37);2-7,10-13,22-24,35-36H,8-9,14-19H2,1H3,(H,29,34)(H,30,32)/t26-,27+,28+;22-,23+,24+/m11/s1. The summed E-state index contributed by atoms with van der Waals surface area (Å²) < 4.78 is 33.5. The van der Waals surface area contributed by atoms with Crippen molar-refractivity contribution in [1.29, 1.82) is 0 Å². The molecule has 21 nitrogen and oxygen atoms in total. The maximum absolute atomic E-state index is 14.0. The fourth-order valence-electron chi connectivity index (χ4n) is 11.1. The number of fused-ring (bicyclic) bond motifs is 1. The highest BCUT2D eigenvalue weighted by molar-refractivity contribution is 6.61. The van der Waals surface area contributed by atoms with Crippen LogP contribution in [0, 0.1) is 0 Å². The zero-order valence-corrected chi connectivity index (χ0v) is 46.5. The van der Waals surface area contributed by atoms with E-state index in [9.17, 15) is 38.8 Å². The lowest BCUT2D eigenvalue weighted by Crippen LogP contribution is -3.21. The Bertz CT molecular complexity index is 2590. The monoisotopic (exact) mass is 1120 g/mol. The molecule has 0 unspecified atom stereocenters. The van der Waals surface area contributed by atoms with Gasteiger partial charge >= 0.3 is 26.0 Å². The molecule has 0 aliphatic carbocycles. The van der Waals surface area contributed by atoms with Crippen LogP contribution in [0.25, 0.3) is 0 Å². The maximum Gasteiger partial charge on any atom is 0.492 e. The first-order chi connectivity index (χ1) is 39.4. The number of benzene rings is 4. The van der Waals surface area contributed by atoms with Gasteiger partial charge in [0.1, 0.15) is 37.4 Å². The van der Waals surface area contributed by atoms with Gasteiger partial charge in [0.2, 0.25) is 23.6 Å². The van der Waals surface area contributed by atoms with Gasteiger partial charge < -0.3 is 74.2 Å². The molecular formula is C58H79B2N7O14. The van der Waals surface area contributed by atoms with E-state index in [0.29, 0.717) is 84.5 Å². The number of hydrogen-bond acceptors (Lipinski definition) is 14. The van der Waals surface area contributed by atoms with Crippen molar-refractivity contribution in [3.63, 3.8) is 0 Å². The van der Waals surface area contributed by atoms with Crippen molar-refractivity contribution >= 4 is 49.6 Å². The molecule has 4 heterocycles. The van der Waals surface area contributed by atoms with Crippen molar-refractivity contribution in [1.82, 2.24) is 31.1 Å². The number of carbonyl (C=O) groups is 6.